The van der Waals surface area contributed by atoms with Crippen LogP contribution in [0.15, 0.2) is 36.5 Å². The van der Waals surface area contributed by atoms with Gasteiger partial charge in [-0.2, -0.15) is 0 Å². The minimum absolute atomic E-state index is 0.00755. The van der Waals surface area contributed by atoms with E-state index < -0.39 is 0 Å². The molecule has 76 valence electrons. The van der Waals surface area contributed by atoms with Crippen molar-refractivity contribution in [2.24, 2.45) is 0 Å². The van der Waals surface area contributed by atoms with Crippen LogP contribution >= 0.6 is 0 Å². The standard InChI is InChI=1S/C12H12N2O/c1-13-11(15)8-10-5-2-4-9-6-3-7-14-12(9)10/h2-7H,8H2,1H3,(H,13,15). The monoisotopic (exact) mass is 200 g/mol. The lowest BCUT2D eigenvalue weighted by Gasteiger charge is -2.04. The average Bonchev–Trinajstić information content (AvgIpc) is 2.29. The van der Waals surface area contributed by atoms with E-state index in [9.17, 15) is 4.79 Å². The van der Waals surface area contributed by atoms with E-state index >= 15 is 0 Å². The molecule has 0 fully saturated rings. The van der Waals surface area contributed by atoms with Crippen molar-refractivity contribution in [3.05, 3.63) is 42.1 Å². The molecule has 0 radical (unpaired) electrons. The number of nitrogens with one attached hydrogen (secondary N) is 1. The summed E-state index contributed by atoms with van der Waals surface area (Å²) in [6, 6.07) is 9.77. The van der Waals surface area contributed by atoms with E-state index in [1.165, 1.54) is 0 Å². The molecule has 0 atom stereocenters. The zero-order valence-corrected chi connectivity index (χ0v) is 8.53. The number of amides is 1. The average molecular weight is 200 g/mol. The second-order valence-corrected chi connectivity index (χ2v) is 3.34. The summed E-state index contributed by atoms with van der Waals surface area (Å²) in [6.07, 6.45) is 2.13. The highest BCUT2D eigenvalue weighted by Crippen LogP contribution is 2.16. The molecule has 1 amide bonds. The SMILES string of the molecule is CNC(=O)Cc1cccc2cccnc12. The topological polar surface area (TPSA) is 42.0 Å². The molecule has 0 bridgehead atoms. The van der Waals surface area contributed by atoms with E-state index in [1.54, 1.807) is 13.2 Å². The Morgan fingerprint density at radius 3 is 2.93 bits per heavy atom. The first-order valence-corrected chi connectivity index (χ1v) is 4.84. The van der Waals surface area contributed by atoms with Crippen molar-refractivity contribution >= 4 is 16.8 Å². The Kier molecular flexibility index (Phi) is 2.63. The third kappa shape index (κ3) is 1.96. The first-order chi connectivity index (χ1) is 7.31. The van der Waals surface area contributed by atoms with E-state index in [-0.39, 0.29) is 5.91 Å². The van der Waals surface area contributed by atoms with Crippen LogP contribution in [0.25, 0.3) is 10.9 Å². The molecule has 0 spiro atoms. The number of rotatable bonds is 2. The Morgan fingerprint density at radius 1 is 1.33 bits per heavy atom. The number of benzene rings is 1. The van der Waals surface area contributed by atoms with Crippen molar-refractivity contribution in [3.8, 4) is 0 Å². The van der Waals surface area contributed by atoms with Crippen molar-refractivity contribution < 1.29 is 4.79 Å². The maximum absolute atomic E-state index is 11.3. The van der Waals surface area contributed by atoms with Gasteiger partial charge in [-0.25, -0.2) is 0 Å². The molecule has 1 heterocycles. The summed E-state index contributed by atoms with van der Waals surface area (Å²) in [5, 5.41) is 3.68. The van der Waals surface area contributed by atoms with Gasteiger partial charge in [-0.1, -0.05) is 24.3 Å². The predicted octanol–water partition coefficient (Wildman–Crippen LogP) is 1.52. The van der Waals surface area contributed by atoms with Gasteiger partial charge in [0, 0.05) is 18.6 Å². The molecule has 0 aliphatic heterocycles. The third-order valence-electron chi connectivity index (χ3n) is 2.35. The number of fused-ring (bicyclic) bond motifs is 1. The summed E-state index contributed by atoms with van der Waals surface area (Å²) in [7, 11) is 1.64. The van der Waals surface area contributed by atoms with Gasteiger partial charge in [0.15, 0.2) is 0 Å². The van der Waals surface area contributed by atoms with Crippen molar-refractivity contribution in [2.75, 3.05) is 7.05 Å². The second kappa shape index (κ2) is 4.09. The Labute approximate surface area is 88.1 Å². The van der Waals surface area contributed by atoms with E-state index in [0.717, 1.165) is 16.5 Å². The largest absolute Gasteiger partial charge is 0.359 e. The van der Waals surface area contributed by atoms with Crippen LogP contribution in [-0.4, -0.2) is 17.9 Å². The van der Waals surface area contributed by atoms with E-state index in [4.69, 9.17) is 0 Å². The minimum atomic E-state index is 0.00755. The fraction of sp³-hybridized carbons (Fsp3) is 0.167. The Bertz CT molecular complexity index is 488. The molecule has 0 aliphatic rings. The maximum atomic E-state index is 11.3. The molecule has 0 unspecified atom stereocenters. The van der Waals surface area contributed by atoms with Gasteiger partial charge in [-0.15, -0.1) is 0 Å². The molecule has 1 aromatic carbocycles. The first kappa shape index (κ1) is 9.65. The summed E-state index contributed by atoms with van der Waals surface area (Å²) in [5.74, 6) is 0.00755. The summed E-state index contributed by atoms with van der Waals surface area (Å²) in [5.41, 5.74) is 1.87. The molecule has 1 aromatic heterocycles. The van der Waals surface area contributed by atoms with Crippen molar-refractivity contribution in [1.82, 2.24) is 10.3 Å². The molecule has 0 aliphatic carbocycles. The Balaban J connectivity index is 2.46. The van der Waals surface area contributed by atoms with Crippen LogP contribution in [0.2, 0.25) is 0 Å². The zero-order chi connectivity index (χ0) is 10.7. The fourth-order valence-corrected chi connectivity index (χ4v) is 1.57. The van der Waals surface area contributed by atoms with Crippen LogP contribution in [0, 0.1) is 0 Å². The lowest BCUT2D eigenvalue weighted by atomic mass is 10.1. The summed E-state index contributed by atoms with van der Waals surface area (Å²) < 4.78 is 0. The van der Waals surface area contributed by atoms with Gasteiger partial charge < -0.3 is 5.32 Å². The highest BCUT2D eigenvalue weighted by molar-refractivity contribution is 5.87. The van der Waals surface area contributed by atoms with Crippen LogP contribution in [0.5, 0.6) is 0 Å². The number of para-hydroxylation sites is 1. The minimum Gasteiger partial charge on any atom is -0.359 e. The summed E-state index contributed by atoms with van der Waals surface area (Å²) in [6.45, 7) is 0. The van der Waals surface area contributed by atoms with Gasteiger partial charge in [0.05, 0.1) is 11.9 Å². The fourth-order valence-electron chi connectivity index (χ4n) is 1.57. The first-order valence-electron chi connectivity index (χ1n) is 4.84. The van der Waals surface area contributed by atoms with E-state index in [1.807, 2.05) is 30.3 Å². The highest BCUT2D eigenvalue weighted by atomic mass is 16.1. The van der Waals surface area contributed by atoms with Gasteiger partial charge in [0.1, 0.15) is 0 Å². The molecular weight excluding hydrogens is 188 g/mol. The summed E-state index contributed by atoms with van der Waals surface area (Å²) in [4.78, 5) is 15.6. The number of likely N-dealkylation sites (N-methyl/N-ethyl adjacent to an activating group) is 1. The van der Waals surface area contributed by atoms with Crippen LogP contribution in [0.4, 0.5) is 0 Å². The van der Waals surface area contributed by atoms with Crippen molar-refractivity contribution in [2.45, 2.75) is 6.42 Å². The quantitative estimate of drug-likeness (QED) is 0.798. The lowest BCUT2D eigenvalue weighted by Crippen LogP contribution is -2.20. The normalized spacial score (nSPS) is 10.2. The number of hydrogen-bond donors (Lipinski definition) is 1. The maximum Gasteiger partial charge on any atom is 0.224 e. The molecule has 0 saturated carbocycles. The number of carbonyl (C=O) groups is 1. The van der Waals surface area contributed by atoms with Crippen LogP contribution in [0.3, 0.4) is 0 Å². The molecule has 3 heteroatoms. The van der Waals surface area contributed by atoms with Crippen LogP contribution in [-0.2, 0) is 11.2 Å². The van der Waals surface area contributed by atoms with Gasteiger partial charge in [-0.3, -0.25) is 9.78 Å². The molecular formula is C12H12N2O. The predicted molar refractivity (Wildman–Crippen MR) is 59.5 cm³/mol. The van der Waals surface area contributed by atoms with Gasteiger partial charge in [-0.05, 0) is 11.6 Å². The molecule has 1 N–H and O–H groups in total. The van der Waals surface area contributed by atoms with Gasteiger partial charge in [0.2, 0.25) is 5.91 Å². The number of pyridine rings is 1. The second-order valence-electron chi connectivity index (χ2n) is 3.34. The number of nitrogens with zero attached hydrogens (tertiary/aromatic N) is 1. The third-order valence-corrected chi connectivity index (χ3v) is 2.35. The highest BCUT2D eigenvalue weighted by Gasteiger charge is 2.05. The summed E-state index contributed by atoms with van der Waals surface area (Å²) >= 11 is 0. The van der Waals surface area contributed by atoms with Crippen LogP contribution in [0.1, 0.15) is 5.56 Å². The zero-order valence-electron chi connectivity index (χ0n) is 8.53. The Morgan fingerprint density at radius 2 is 2.13 bits per heavy atom. The van der Waals surface area contributed by atoms with Gasteiger partial charge in [0.25, 0.3) is 0 Å². The molecule has 3 nitrogen and oxygen atoms in total. The smallest absolute Gasteiger partial charge is 0.224 e. The molecule has 15 heavy (non-hydrogen) atoms. The Hall–Kier alpha value is -1.90. The van der Waals surface area contributed by atoms with Crippen molar-refractivity contribution in [3.63, 3.8) is 0 Å². The number of hydrogen-bond acceptors (Lipinski definition) is 2. The lowest BCUT2D eigenvalue weighted by molar-refractivity contribution is -0.119. The van der Waals surface area contributed by atoms with E-state index in [2.05, 4.69) is 10.3 Å². The molecule has 2 aromatic rings. The van der Waals surface area contributed by atoms with Gasteiger partial charge >= 0.3 is 0 Å². The van der Waals surface area contributed by atoms with Crippen molar-refractivity contribution in [1.29, 1.82) is 0 Å². The van der Waals surface area contributed by atoms with E-state index in [0.29, 0.717) is 6.42 Å². The number of carbonyl (C=O) groups excluding carboxylic acids is 1. The van der Waals surface area contributed by atoms with Crippen LogP contribution < -0.4 is 5.32 Å². The molecule has 2 rings (SSSR count). The number of aromatic nitrogens is 1. The molecule has 0 saturated heterocycles.